The highest BCUT2D eigenvalue weighted by Gasteiger charge is 2.27. The highest BCUT2D eigenvalue weighted by molar-refractivity contribution is 7.79. The van der Waals surface area contributed by atoms with Crippen molar-refractivity contribution in [2.45, 2.75) is 124 Å². The third kappa shape index (κ3) is 34.0. The Labute approximate surface area is 666 Å². The summed E-state index contributed by atoms with van der Waals surface area (Å²) in [5.74, 6) is -1.33. The summed E-state index contributed by atoms with van der Waals surface area (Å²) in [4.78, 5) is 105. The molecule has 12 N–H and O–H groups in total. The van der Waals surface area contributed by atoms with E-state index in [1.807, 2.05) is 93.6 Å². The van der Waals surface area contributed by atoms with Crippen LogP contribution in [-0.2, 0) is 26.4 Å². The first kappa shape index (κ1) is 102. The lowest BCUT2D eigenvalue weighted by Gasteiger charge is -2.18. The van der Waals surface area contributed by atoms with Crippen molar-refractivity contribution >= 4 is 98.1 Å². The third-order valence-electron chi connectivity index (χ3n) is 17.7. The number of carbonyl (C=O) groups is 7. The molecule has 6 heterocycles. The van der Waals surface area contributed by atoms with E-state index in [4.69, 9.17) is 29.1 Å². The molecule has 0 unspecified atom stereocenters. The Bertz CT molecular complexity index is 4160. The number of nitrogens with one attached hydrogen (secondary N) is 10. The Morgan fingerprint density at radius 3 is 1.26 bits per heavy atom. The number of halogens is 5. The molecule has 0 atom stereocenters. The number of nitrogens with zero attached hydrogens (tertiary/aromatic N) is 6. The van der Waals surface area contributed by atoms with Gasteiger partial charge < -0.3 is 96.3 Å². The number of carbonyl (C=O) groups excluding carboxylic acids is 7. The van der Waals surface area contributed by atoms with Crippen molar-refractivity contribution in [1.29, 1.82) is 0 Å². The summed E-state index contributed by atoms with van der Waals surface area (Å²) >= 11 is 5.14. The molecule has 2 aromatic carbocycles. The Morgan fingerprint density at radius 2 is 0.900 bits per heavy atom. The van der Waals surface area contributed by atoms with Crippen LogP contribution in [0.3, 0.4) is 0 Å². The van der Waals surface area contributed by atoms with Crippen LogP contribution in [-0.4, -0.2) is 252 Å². The smallest absolute Gasteiger partial charge is 0.394 e. The van der Waals surface area contributed by atoms with E-state index in [9.17, 15) is 42.3 Å². The van der Waals surface area contributed by atoms with Crippen LogP contribution < -0.4 is 56.7 Å². The van der Waals surface area contributed by atoms with E-state index >= 15 is 0 Å². The highest BCUT2D eigenvalue weighted by Crippen LogP contribution is 2.35. The average molecular weight is 1620 g/mol. The summed E-state index contributed by atoms with van der Waals surface area (Å²) < 4.78 is 61.5. The number of fused-ring (bicyclic) bond motifs is 2. The topological polar surface area (TPSA) is 348 Å². The van der Waals surface area contributed by atoms with Crippen LogP contribution in [0.25, 0.3) is 11.6 Å². The molecule has 27 nitrogen and oxygen atoms in total. The number of likely N-dealkylation sites (N-methyl/N-ethyl adjacent to an activating group) is 4. The minimum atomic E-state index is -4.67. The zero-order valence-corrected chi connectivity index (χ0v) is 70.9. The quantitative estimate of drug-likeness (QED) is 0.0115. The second kappa shape index (κ2) is 51.2. The molecule has 614 valence electrons. The maximum Gasteiger partial charge on any atom is 0.394 e. The molecule has 0 spiro atoms. The van der Waals surface area contributed by atoms with E-state index in [2.05, 4.69) is 127 Å². The molecule has 33 heteroatoms. The van der Waals surface area contributed by atoms with Gasteiger partial charge in [0.05, 0.1) is 39.9 Å². The van der Waals surface area contributed by atoms with E-state index in [1.165, 1.54) is 36.9 Å². The van der Waals surface area contributed by atoms with Gasteiger partial charge in [0.1, 0.15) is 45.5 Å². The average Bonchev–Trinajstić information content (AvgIpc) is 1.64. The SMILES string of the molecule is CCN(CC)CCNC(=O)c1c(C)[nH]c(/C=C2\C(=O)Nc3ccc(F)cc32)c1C.CCN(CC)CCNC(=O)c1c(C)[nH]c(C(C)=O)c1C.CCN(CC)CCNC(=O)c1c(C)[nH]c(C=[N+](C)C)c1C.CCN(CC)CCNC(=O)c1c(C)c[nH]c1C.C[N+](C)=CCl.O=C1Cc2cc(F)ccc2N1.O=S(=O)(O)O.[Cl-].[Cl-]. The number of hydrogen-bond donors (Lipinski definition) is 12. The number of Topliss-reactive ketones (excluding diaryl/α,β-unsaturated/α-hetero) is 1. The van der Waals surface area contributed by atoms with Crippen LogP contribution in [0.1, 0.15) is 182 Å². The van der Waals surface area contributed by atoms with Gasteiger partial charge in [-0.15, -0.1) is 0 Å². The molecule has 0 radical (unpaired) electrons. The van der Waals surface area contributed by atoms with Gasteiger partial charge >= 0.3 is 10.4 Å². The fourth-order valence-corrected chi connectivity index (χ4v) is 11.7. The molecule has 0 saturated heterocycles. The summed E-state index contributed by atoms with van der Waals surface area (Å²) in [6, 6.07) is 8.50. The lowest BCUT2D eigenvalue weighted by molar-refractivity contribution is -0.458. The van der Waals surface area contributed by atoms with Gasteiger partial charge in [0.2, 0.25) is 11.6 Å². The molecule has 0 saturated carbocycles. The predicted molar refractivity (Wildman–Crippen MR) is 429 cm³/mol. The highest BCUT2D eigenvalue weighted by atomic mass is 35.5. The molecular weight excluding hydrogens is 1500 g/mol. The second-order valence-corrected chi connectivity index (χ2v) is 27.0. The van der Waals surface area contributed by atoms with Crippen molar-refractivity contribution in [3.63, 3.8) is 0 Å². The number of rotatable bonds is 27. The summed E-state index contributed by atoms with van der Waals surface area (Å²) in [6.07, 6.45) is 5.84. The van der Waals surface area contributed by atoms with Gasteiger partial charge in [0, 0.05) is 111 Å². The Hall–Kier alpha value is -8.43. The van der Waals surface area contributed by atoms with Crippen LogP contribution in [0, 0.1) is 67.0 Å². The van der Waals surface area contributed by atoms with Crippen molar-refractivity contribution in [3.8, 4) is 0 Å². The van der Waals surface area contributed by atoms with Crippen LogP contribution in [0.15, 0.2) is 42.6 Å². The Kier molecular flexibility index (Phi) is 47.3. The number of aryl methyl sites for hydroxylation is 5. The van der Waals surface area contributed by atoms with Crippen molar-refractivity contribution < 1.29 is 93.8 Å². The van der Waals surface area contributed by atoms with Gasteiger partial charge in [-0.05, 0) is 190 Å². The van der Waals surface area contributed by atoms with Gasteiger partial charge in [-0.1, -0.05) is 55.4 Å². The summed E-state index contributed by atoms with van der Waals surface area (Å²) in [6.45, 7) is 47.4. The van der Waals surface area contributed by atoms with E-state index in [1.54, 1.807) is 29.7 Å². The summed E-state index contributed by atoms with van der Waals surface area (Å²) in [5.41, 5.74) is 16.1. The molecule has 0 aliphatic carbocycles. The number of aromatic amines is 4. The number of hydrogen-bond acceptors (Lipinski definition) is 13. The molecule has 8 rings (SSSR count). The van der Waals surface area contributed by atoms with Crippen molar-refractivity contribution in [2.24, 2.45) is 0 Å². The minimum absolute atomic E-state index is 0. The molecule has 0 fully saturated rings. The van der Waals surface area contributed by atoms with Crippen molar-refractivity contribution in [3.05, 3.63) is 150 Å². The van der Waals surface area contributed by atoms with Gasteiger partial charge in [-0.25, -0.2) is 17.9 Å². The molecule has 2 aliphatic heterocycles. The van der Waals surface area contributed by atoms with Crippen LogP contribution in [0.2, 0.25) is 0 Å². The second-order valence-electron chi connectivity index (χ2n) is 25.9. The number of aromatic nitrogens is 4. The molecule has 6 amide bonds. The lowest BCUT2D eigenvalue weighted by atomic mass is 10.0. The number of ketones is 1. The standard InChI is InChI=1S/C22H27FN4O2.C16H28N4O.C15H25N3O2.C13H23N3O.C8H6FNO.C3H7ClN.2ClH.H2O4S/c1-5-27(6-2)10-9-24-22(29)20-13(3)19(25-14(20)4)12-17-16-11-15(23)7-8-18(16)26-21(17)28;1-7-20(8-2)10-9-17-16(21)15-12(3)14(11-19(5)6)18-13(15)4;1-6-18(7-2)9-8-16-15(20)13-10(3)14(12(5)19)17-11(13)4;1-5-16(6-2)8-7-14-13(17)12-10(3)9-15-11(12)4;9-6-1-2-7-5(3-6)4-8(11)10-7;1-5(2)3-4;;;1-5(2,3)4/h7-8,11-12,25H,5-6,9-10H2,1-4H3,(H,24,29)(H,26,28);11H,7-10H2,1-6H3,(H,17,21);17H,6-9H2,1-5H3,(H,16,20);9,15H,5-8H2,1-4H3,(H,14,17);1-3H,4H2,(H,10,11);3H,1-2H3;2*1H;(H2,1,2,3,4)/q;;;;;+1;;;/p-1/b17-12-;;;;;;;;. The van der Waals surface area contributed by atoms with Gasteiger partial charge in [0.25, 0.3) is 29.5 Å². The minimum Gasteiger partial charge on any atom is -1.00 e. The van der Waals surface area contributed by atoms with Crippen LogP contribution in [0.4, 0.5) is 20.2 Å². The maximum atomic E-state index is 13.7. The molecular formula is C77H119Cl3F2N16O11S. The van der Waals surface area contributed by atoms with Gasteiger partial charge in [0.15, 0.2) is 12.0 Å². The number of benzene rings is 2. The Balaban J connectivity index is 0.00000133. The number of H-pyrrole nitrogens is 4. The van der Waals surface area contributed by atoms with E-state index < -0.39 is 16.2 Å². The first-order valence-corrected chi connectivity index (χ1v) is 38.1. The number of amides is 6. The monoisotopic (exact) mass is 1620 g/mol. The van der Waals surface area contributed by atoms with Crippen molar-refractivity contribution in [1.82, 2.24) is 60.8 Å². The fraction of sp³-hybridized carbons (Fsp3) is 0.494. The molecule has 110 heavy (non-hydrogen) atoms. The van der Waals surface area contributed by atoms with Crippen molar-refractivity contribution in [2.75, 3.05) is 144 Å². The third-order valence-corrected chi connectivity index (χ3v) is 18.1. The summed E-state index contributed by atoms with van der Waals surface area (Å²) in [7, 11) is 3.01. The van der Waals surface area contributed by atoms with Gasteiger partial charge in [-0.2, -0.15) is 8.42 Å². The lowest BCUT2D eigenvalue weighted by Crippen LogP contribution is -3.00. The van der Waals surface area contributed by atoms with Crippen LogP contribution in [0.5, 0.6) is 0 Å². The van der Waals surface area contributed by atoms with E-state index in [0.717, 1.165) is 152 Å². The molecule has 4 aromatic heterocycles. The van der Waals surface area contributed by atoms with E-state index in [0.29, 0.717) is 71.9 Å². The largest absolute Gasteiger partial charge is 1.00 e. The molecule has 6 aromatic rings. The Morgan fingerprint density at radius 1 is 0.536 bits per heavy atom. The maximum absolute atomic E-state index is 13.7. The van der Waals surface area contributed by atoms with E-state index in [-0.39, 0.29) is 71.9 Å². The zero-order valence-electron chi connectivity index (χ0n) is 67.8. The summed E-state index contributed by atoms with van der Waals surface area (Å²) in [5, 5.41) is 17.2. The fourth-order valence-electron chi connectivity index (χ4n) is 11.7. The van der Waals surface area contributed by atoms with Crippen LogP contribution >= 0.6 is 11.6 Å². The molecule has 2 aliphatic rings. The number of anilines is 2. The predicted octanol–water partition coefficient (Wildman–Crippen LogP) is 3.54. The first-order chi connectivity index (χ1) is 50.8. The first-order valence-electron chi connectivity index (χ1n) is 36.3. The van der Waals surface area contributed by atoms with Gasteiger partial charge in [-0.3, -0.25) is 42.7 Å². The molecule has 0 bridgehead atoms. The zero-order chi connectivity index (χ0) is 81.9. The normalized spacial score (nSPS) is 11.8.